The molecule has 5 heteroatoms. The molecule has 1 N–H and O–H groups in total. The average molecular weight is 342 g/mol. The van der Waals surface area contributed by atoms with Crippen molar-refractivity contribution in [3.63, 3.8) is 0 Å². The third-order valence-electron chi connectivity index (χ3n) is 3.88. The van der Waals surface area contributed by atoms with Crippen LogP contribution in [0.15, 0.2) is 48.5 Å². The topological polar surface area (TPSA) is 49.4 Å². The molecule has 0 aliphatic heterocycles. The molecule has 2 aromatic rings. The second kappa shape index (κ2) is 8.97. The van der Waals surface area contributed by atoms with Gasteiger partial charge in [-0.2, -0.15) is 0 Å². The summed E-state index contributed by atoms with van der Waals surface area (Å²) in [5.41, 5.74) is 2.96. The minimum absolute atomic E-state index is 0.0331. The Bertz CT molecular complexity index is 729. The second-order valence-electron chi connectivity index (χ2n) is 6.08. The van der Waals surface area contributed by atoms with E-state index in [9.17, 15) is 14.0 Å². The number of hydrogen-bond donors (Lipinski definition) is 1. The van der Waals surface area contributed by atoms with Gasteiger partial charge in [0.15, 0.2) is 0 Å². The van der Waals surface area contributed by atoms with Crippen molar-refractivity contribution in [2.75, 3.05) is 13.1 Å². The summed E-state index contributed by atoms with van der Waals surface area (Å²) >= 11 is 0. The minimum Gasteiger partial charge on any atom is -0.354 e. The standard InChI is InChI=1S/C20H23FN2O2/c1-15-4-3-5-18(12-15)14-23(16(2)24)11-10-22-20(25)13-17-6-8-19(21)9-7-17/h3-9,12H,10-11,13-14H2,1-2H3,(H,22,25). The van der Waals surface area contributed by atoms with Crippen LogP contribution in [-0.2, 0) is 22.6 Å². The van der Waals surface area contributed by atoms with Crippen LogP contribution in [0.4, 0.5) is 4.39 Å². The first-order valence-electron chi connectivity index (χ1n) is 8.26. The van der Waals surface area contributed by atoms with Gasteiger partial charge >= 0.3 is 0 Å². The lowest BCUT2D eigenvalue weighted by Crippen LogP contribution is -2.37. The number of amides is 2. The van der Waals surface area contributed by atoms with Gasteiger partial charge in [0.2, 0.25) is 11.8 Å². The fourth-order valence-electron chi connectivity index (χ4n) is 2.56. The highest BCUT2D eigenvalue weighted by molar-refractivity contribution is 5.78. The number of carbonyl (C=O) groups excluding carboxylic acids is 2. The average Bonchev–Trinajstić information content (AvgIpc) is 2.56. The van der Waals surface area contributed by atoms with E-state index in [2.05, 4.69) is 5.32 Å². The molecule has 0 saturated carbocycles. The van der Waals surface area contributed by atoms with Gasteiger partial charge in [-0.3, -0.25) is 9.59 Å². The zero-order valence-corrected chi connectivity index (χ0v) is 14.6. The molecule has 0 fully saturated rings. The van der Waals surface area contributed by atoms with Crippen LogP contribution >= 0.6 is 0 Å². The molecule has 0 radical (unpaired) electrons. The lowest BCUT2D eigenvalue weighted by molar-refractivity contribution is -0.130. The lowest BCUT2D eigenvalue weighted by atomic mass is 10.1. The Morgan fingerprint density at radius 3 is 2.44 bits per heavy atom. The third-order valence-corrected chi connectivity index (χ3v) is 3.88. The highest BCUT2D eigenvalue weighted by Crippen LogP contribution is 2.08. The number of aryl methyl sites for hydroxylation is 1. The van der Waals surface area contributed by atoms with E-state index in [0.717, 1.165) is 16.7 Å². The second-order valence-corrected chi connectivity index (χ2v) is 6.08. The van der Waals surface area contributed by atoms with Crippen LogP contribution in [0.2, 0.25) is 0 Å². The van der Waals surface area contributed by atoms with Gasteiger partial charge in [-0.05, 0) is 30.2 Å². The maximum atomic E-state index is 12.9. The van der Waals surface area contributed by atoms with Crippen LogP contribution in [-0.4, -0.2) is 29.8 Å². The van der Waals surface area contributed by atoms with Crippen molar-refractivity contribution in [1.82, 2.24) is 10.2 Å². The van der Waals surface area contributed by atoms with E-state index in [-0.39, 0.29) is 24.1 Å². The predicted molar refractivity (Wildman–Crippen MR) is 95.4 cm³/mol. The molecule has 0 saturated heterocycles. The SMILES string of the molecule is CC(=O)N(CCNC(=O)Cc1ccc(F)cc1)Cc1cccc(C)c1. The summed E-state index contributed by atoms with van der Waals surface area (Å²) in [4.78, 5) is 25.5. The van der Waals surface area contributed by atoms with E-state index in [4.69, 9.17) is 0 Å². The van der Waals surface area contributed by atoms with Crippen molar-refractivity contribution in [2.24, 2.45) is 0 Å². The molecule has 25 heavy (non-hydrogen) atoms. The van der Waals surface area contributed by atoms with Crippen LogP contribution in [0.1, 0.15) is 23.6 Å². The van der Waals surface area contributed by atoms with Gasteiger partial charge < -0.3 is 10.2 Å². The summed E-state index contributed by atoms with van der Waals surface area (Å²) in [5.74, 6) is -0.502. The molecule has 0 bridgehead atoms. The van der Waals surface area contributed by atoms with E-state index < -0.39 is 0 Å². The Labute approximate surface area is 147 Å². The Balaban J connectivity index is 1.81. The summed E-state index contributed by atoms with van der Waals surface area (Å²) in [5, 5.41) is 2.80. The molecule has 0 heterocycles. The van der Waals surface area contributed by atoms with Gasteiger partial charge in [0.1, 0.15) is 5.82 Å². The van der Waals surface area contributed by atoms with E-state index in [0.29, 0.717) is 19.6 Å². The normalized spacial score (nSPS) is 10.4. The highest BCUT2D eigenvalue weighted by atomic mass is 19.1. The van der Waals surface area contributed by atoms with Crippen molar-refractivity contribution >= 4 is 11.8 Å². The zero-order valence-electron chi connectivity index (χ0n) is 14.6. The Kier molecular flexibility index (Phi) is 6.69. The number of benzene rings is 2. The van der Waals surface area contributed by atoms with Crippen molar-refractivity contribution in [2.45, 2.75) is 26.8 Å². The predicted octanol–water partition coefficient (Wildman–Crippen LogP) is 2.84. The first kappa shape index (κ1) is 18.6. The zero-order chi connectivity index (χ0) is 18.2. The van der Waals surface area contributed by atoms with Crippen LogP contribution in [0, 0.1) is 12.7 Å². The molecule has 0 aromatic heterocycles. The molecule has 2 aromatic carbocycles. The van der Waals surface area contributed by atoms with Gasteiger partial charge in [-0.25, -0.2) is 4.39 Å². The molecule has 2 amide bonds. The first-order chi connectivity index (χ1) is 11.9. The largest absolute Gasteiger partial charge is 0.354 e. The maximum Gasteiger partial charge on any atom is 0.224 e. The van der Waals surface area contributed by atoms with Crippen molar-refractivity contribution in [1.29, 1.82) is 0 Å². The summed E-state index contributed by atoms with van der Waals surface area (Å²) in [6.45, 7) is 4.88. The number of hydrogen-bond acceptors (Lipinski definition) is 2. The van der Waals surface area contributed by atoms with Gasteiger partial charge in [0.05, 0.1) is 6.42 Å². The fourth-order valence-corrected chi connectivity index (χ4v) is 2.56. The van der Waals surface area contributed by atoms with Crippen molar-refractivity contribution in [3.05, 3.63) is 71.0 Å². The molecule has 0 spiro atoms. The van der Waals surface area contributed by atoms with Crippen molar-refractivity contribution in [3.8, 4) is 0 Å². The quantitative estimate of drug-likeness (QED) is 0.841. The van der Waals surface area contributed by atoms with E-state index in [1.54, 1.807) is 17.0 Å². The first-order valence-corrected chi connectivity index (χ1v) is 8.26. The van der Waals surface area contributed by atoms with E-state index in [1.807, 2.05) is 31.2 Å². The molecule has 2 rings (SSSR count). The third kappa shape index (κ3) is 6.37. The molecule has 0 aliphatic carbocycles. The molecular formula is C20H23FN2O2. The van der Waals surface area contributed by atoms with Crippen LogP contribution in [0.25, 0.3) is 0 Å². The lowest BCUT2D eigenvalue weighted by Gasteiger charge is -2.21. The van der Waals surface area contributed by atoms with E-state index >= 15 is 0 Å². The Morgan fingerprint density at radius 2 is 1.80 bits per heavy atom. The van der Waals surface area contributed by atoms with Crippen LogP contribution in [0.3, 0.4) is 0 Å². The van der Waals surface area contributed by atoms with Crippen molar-refractivity contribution < 1.29 is 14.0 Å². The summed E-state index contributed by atoms with van der Waals surface area (Å²) < 4.78 is 12.9. The van der Waals surface area contributed by atoms with Crippen LogP contribution in [0.5, 0.6) is 0 Å². The molecule has 132 valence electrons. The smallest absolute Gasteiger partial charge is 0.224 e. The van der Waals surface area contributed by atoms with Gasteiger partial charge in [0, 0.05) is 26.6 Å². The number of nitrogens with zero attached hydrogens (tertiary/aromatic N) is 1. The molecular weight excluding hydrogens is 319 g/mol. The highest BCUT2D eigenvalue weighted by Gasteiger charge is 2.10. The van der Waals surface area contributed by atoms with Gasteiger partial charge in [-0.1, -0.05) is 42.0 Å². The van der Waals surface area contributed by atoms with Gasteiger partial charge in [0.25, 0.3) is 0 Å². The minimum atomic E-state index is -0.322. The van der Waals surface area contributed by atoms with Gasteiger partial charge in [-0.15, -0.1) is 0 Å². The fraction of sp³-hybridized carbons (Fsp3) is 0.300. The summed E-state index contributed by atoms with van der Waals surface area (Å²) in [7, 11) is 0. The Hall–Kier alpha value is -2.69. The Morgan fingerprint density at radius 1 is 1.08 bits per heavy atom. The number of halogens is 1. The van der Waals surface area contributed by atoms with Crippen LogP contribution < -0.4 is 5.32 Å². The number of nitrogens with one attached hydrogen (secondary N) is 1. The molecule has 0 atom stereocenters. The monoisotopic (exact) mass is 342 g/mol. The number of carbonyl (C=O) groups is 2. The molecule has 0 unspecified atom stereocenters. The summed E-state index contributed by atoms with van der Waals surface area (Å²) in [6, 6.07) is 13.9. The molecule has 0 aliphatic rings. The summed E-state index contributed by atoms with van der Waals surface area (Å²) in [6.07, 6.45) is 0.193. The maximum absolute atomic E-state index is 12.9. The molecule has 4 nitrogen and oxygen atoms in total. The number of rotatable bonds is 7. The van der Waals surface area contributed by atoms with E-state index in [1.165, 1.54) is 19.1 Å².